The quantitative estimate of drug-likeness (QED) is 0.554. The molecule has 168 valence electrons. The number of carbonyl (C=O) groups is 2. The van der Waals surface area contributed by atoms with Crippen molar-refractivity contribution in [1.82, 2.24) is 10.2 Å². The van der Waals surface area contributed by atoms with Crippen LogP contribution in [0.4, 0.5) is 0 Å². The van der Waals surface area contributed by atoms with Gasteiger partial charge >= 0.3 is 0 Å². The second-order valence-corrected chi connectivity index (χ2v) is 8.83. The van der Waals surface area contributed by atoms with Crippen LogP contribution in [0.2, 0.25) is 0 Å². The van der Waals surface area contributed by atoms with Crippen LogP contribution in [-0.4, -0.2) is 41.7 Å². The highest BCUT2D eigenvalue weighted by Gasteiger charge is 2.26. The summed E-state index contributed by atoms with van der Waals surface area (Å²) in [4.78, 5) is 27.6. The third-order valence-corrected chi connectivity index (χ3v) is 6.26. The Morgan fingerprint density at radius 2 is 1.81 bits per heavy atom. The molecule has 1 N–H and O–H groups in total. The van der Waals surface area contributed by atoms with Crippen molar-refractivity contribution in [2.75, 3.05) is 12.9 Å². The van der Waals surface area contributed by atoms with E-state index in [2.05, 4.69) is 36.5 Å². The van der Waals surface area contributed by atoms with E-state index in [0.29, 0.717) is 12.3 Å². The topological polar surface area (TPSA) is 58.6 Å². The van der Waals surface area contributed by atoms with E-state index < -0.39 is 6.04 Å². The molecule has 2 aromatic rings. The van der Waals surface area contributed by atoms with Crippen LogP contribution < -0.4 is 10.1 Å². The molecule has 0 saturated heterocycles. The highest BCUT2D eigenvalue weighted by Crippen LogP contribution is 2.19. The SMILES string of the molecule is CC[C@@H](C)NC(=O)[C@H](C)N(Cc1cccc(OC)c1)C(=O)CSCc1ccc(C)cc1. The number of thioether (sulfide) groups is 1. The van der Waals surface area contributed by atoms with E-state index in [4.69, 9.17) is 4.74 Å². The van der Waals surface area contributed by atoms with Gasteiger partial charge in [-0.25, -0.2) is 0 Å². The van der Waals surface area contributed by atoms with Crippen molar-refractivity contribution in [3.63, 3.8) is 0 Å². The van der Waals surface area contributed by atoms with Crippen molar-refractivity contribution in [3.8, 4) is 5.75 Å². The minimum atomic E-state index is -0.562. The zero-order valence-corrected chi connectivity index (χ0v) is 20.0. The Balaban J connectivity index is 2.09. The maximum absolute atomic E-state index is 13.1. The second kappa shape index (κ2) is 12.4. The van der Waals surface area contributed by atoms with Crippen LogP contribution in [0.25, 0.3) is 0 Å². The van der Waals surface area contributed by atoms with Crippen molar-refractivity contribution in [2.24, 2.45) is 0 Å². The molecule has 5 nitrogen and oxygen atoms in total. The van der Waals surface area contributed by atoms with Crippen molar-refractivity contribution in [3.05, 3.63) is 65.2 Å². The first-order valence-electron chi connectivity index (χ1n) is 10.7. The molecule has 31 heavy (non-hydrogen) atoms. The van der Waals surface area contributed by atoms with Crippen molar-refractivity contribution >= 4 is 23.6 Å². The standard InChI is InChI=1S/C25H34N2O3S/c1-6-19(3)26-25(29)20(4)27(15-22-8-7-9-23(14-22)30-5)24(28)17-31-16-21-12-10-18(2)11-13-21/h7-14,19-20H,6,15-17H2,1-5H3,(H,26,29)/t19-,20+/m1/s1. The fraction of sp³-hybridized carbons (Fsp3) is 0.440. The lowest BCUT2D eigenvalue weighted by Gasteiger charge is -2.29. The molecule has 0 radical (unpaired) electrons. The summed E-state index contributed by atoms with van der Waals surface area (Å²) >= 11 is 1.57. The predicted molar refractivity (Wildman–Crippen MR) is 128 cm³/mol. The first kappa shape index (κ1) is 24.8. The van der Waals surface area contributed by atoms with Gasteiger partial charge in [0.2, 0.25) is 11.8 Å². The molecule has 6 heteroatoms. The third kappa shape index (κ3) is 7.94. The van der Waals surface area contributed by atoms with Crippen molar-refractivity contribution in [1.29, 1.82) is 0 Å². The molecule has 2 amide bonds. The molecular weight excluding hydrogens is 408 g/mol. The third-order valence-electron chi connectivity index (χ3n) is 5.27. The van der Waals surface area contributed by atoms with Gasteiger partial charge in [-0.05, 0) is 50.5 Å². The Hall–Kier alpha value is -2.47. The molecule has 0 spiro atoms. The lowest BCUT2D eigenvalue weighted by atomic mass is 10.1. The molecular formula is C25H34N2O3S. The van der Waals surface area contributed by atoms with Crippen molar-refractivity contribution < 1.29 is 14.3 Å². The number of hydrogen-bond donors (Lipinski definition) is 1. The number of nitrogens with zero attached hydrogens (tertiary/aromatic N) is 1. The molecule has 0 saturated carbocycles. The Morgan fingerprint density at radius 1 is 1.10 bits per heavy atom. The summed E-state index contributed by atoms with van der Waals surface area (Å²) in [7, 11) is 1.62. The first-order valence-corrected chi connectivity index (χ1v) is 11.9. The monoisotopic (exact) mass is 442 g/mol. The van der Waals surface area contributed by atoms with Crippen LogP contribution in [0.15, 0.2) is 48.5 Å². The minimum Gasteiger partial charge on any atom is -0.497 e. The Kier molecular flexibility index (Phi) is 9.92. The second-order valence-electron chi connectivity index (χ2n) is 7.85. The zero-order chi connectivity index (χ0) is 22.8. The van der Waals surface area contributed by atoms with Gasteiger partial charge in [0.15, 0.2) is 0 Å². The number of methoxy groups -OCH3 is 1. The summed E-state index contributed by atoms with van der Waals surface area (Å²) < 4.78 is 5.31. The van der Waals surface area contributed by atoms with E-state index >= 15 is 0 Å². The fourth-order valence-corrected chi connectivity index (χ4v) is 3.91. The first-order chi connectivity index (χ1) is 14.8. The number of nitrogens with one attached hydrogen (secondary N) is 1. The molecule has 0 aliphatic carbocycles. The van der Waals surface area contributed by atoms with E-state index in [1.165, 1.54) is 11.1 Å². The number of carbonyl (C=O) groups excluding carboxylic acids is 2. The van der Waals surface area contributed by atoms with Gasteiger partial charge in [-0.2, -0.15) is 0 Å². The maximum Gasteiger partial charge on any atom is 0.242 e. The summed E-state index contributed by atoms with van der Waals surface area (Å²) in [6.45, 7) is 8.20. The maximum atomic E-state index is 13.1. The Labute approximate surface area is 190 Å². The molecule has 0 aliphatic rings. The summed E-state index contributed by atoms with van der Waals surface area (Å²) in [5.41, 5.74) is 3.33. The highest BCUT2D eigenvalue weighted by molar-refractivity contribution is 7.99. The summed E-state index contributed by atoms with van der Waals surface area (Å²) in [5.74, 6) is 1.63. The van der Waals surface area contributed by atoms with Crippen LogP contribution in [-0.2, 0) is 21.9 Å². The van der Waals surface area contributed by atoms with Gasteiger partial charge in [-0.3, -0.25) is 9.59 Å². The number of aryl methyl sites for hydroxylation is 1. The molecule has 0 bridgehead atoms. The van der Waals surface area contributed by atoms with E-state index in [1.807, 2.05) is 38.1 Å². The molecule has 0 aromatic heterocycles. The van der Waals surface area contributed by atoms with Gasteiger partial charge in [0.1, 0.15) is 11.8 Å². The van der Waals surface area contributed by atoms with Gasteiger partial charge in [-0.15, -0.1) is 11.8 Å². The number of amides is 2. The van der Waals surface area contributed by atoms with Gasteiger partial charge in [-0.1, -0.05) is 48.9 Å². The van der Waals surface area contributed by atoms with Crippen LogP contribution in [0.5, 0.6) is 5.75 Å². The molecule has 2 aromatic carbocycles. The average molecular weight is 443 g/mol. The molecule has 2 atom stereocenters. The Morgan fingerprint density at radius 3 is 2.45 bits per heavy atom. The molecule has 0 aliphatic heterocycles. The summed E-state index contributed by atoms with van der Waals surface area (Å²) in [5, 5.41) is 3.00. The smallest absolute Gasteiger partial charge is 0.242 e. The largest absolute Gasteiger partial charge is 0.497 e. The molecule has 0 unspecified atom stereocenters. The van der Waals surface area contributed by atoms with Gasteiger partial charge in [0.05, 0.1) is 12.9 Å². The predicted octanol–water partition coefficient (Wildman–Crippen LogP) is 4.57. The van der Waals surface area contributed by atoms with E-state index in [-0.39, 0.29) is 17.9 Å². The highest BCUT2D eigenvalue weighted by atomic mass is 32.2. The van der Waals surface area contributed by atoms with Gasteiger partial charge < -0.3 is 15.0 Å². The number of hydrogen-bond acceptors (Lipinski definition) is 4. The average Bonchev–Trinajstić information content (AvgIpc) is 2.78. The van der Waals surface area contributed by atoms with E-state index in [0.717, 1.165) is 23.5 Å². The van der Waals surface area contributed by atoms with Gasteiger partial charge in [0, 0.05) is 18.3 Å². The number of benzene rings is 2. The molecule has 0 heterocycles. The van der Waals surface area contributed by atoms with Crippen LogP contribution in [0.3, 0.4) is 0 Å². The Bertz CT molecular complexity index is 854. The van der Waals surface area contributed by atoms with Crippen LogP contribution in [0.1, 0.15) is 43.9 Å². The van der Waals surface area contributed by atoms with Crippen molar-refractivity contribution in [2.45, 2.75) is 58.5 Å². The van der Waals surface area contributed by atoms with E-state index in [9.17, 15) is 9.59 Å². The number of rotatable bonds is 11. The van der Waals surface area contributed by atoms with Crippen LogP contribution >= 0.6 is 11.8 Å². The lowest BCUT2D eigenvalue weighted by Crippen LogP contribution is -2.50. The van der Waals surface area contributed by atoms with Gasteiger partial charge in [0.25, 0.3) is 0 Å². The number of ether oxygens (including phenoxy) is 1. The lowest BCUT2D eigenvalue weighted by molar-refractivity contribution is -0.138. The fourth-order valence-electron chi connectivity index (χ4n) is 3.04. The normalized spacial score (nSPS) is 12.7. The summed E-state index contributed by atoms with van der Waals surface area (Å²) in [6, 6.07) is 15.4. The minimum absolute atomic E-state index is 0.0493. The molecule has 2 rings (SSSR count). The summed E-state index contributed by atoms with van der Waals surface area (Å²) in [6.07, 6.45) is 0.842. The molecule has 0 fully saturated rings. The zero-order valence-electron chi connectivity index (χ0n) is 19.2. The van der Waals surface area contributed by atoms with Crippen LogP contribution in [0, 0.1) is 6.92 Å². The van der Waals surface area contributed by atoms with E-state index in [1.54, 1.807) is 30.7 Å².